The van der Waals surface area contributed by atoms with Crippen molar-refractivity contribution in [1.82, 2.24) is 28.7 Å². The second-order valence-electron chi connectivity index (χ2n) is 9.87. The number of nitrogens with one attached hydrogen (secondary N) is 1. The van der Waals surface area contributed by atoms with Crippen LogP contribution in [0.15, 0.2) is 54.9 Å². The van der Waals surface area contributed by atoms with Crippen LogP contribution in [0, 0.1) is 12.3 Å². The fourth-order valence-electron chi connectivity index (χ4n) is 4.65. The number of rotatable bonds is 5. The first-order valence-corrected chi connectivity index (χ1v) is 12.2. The summed E-state index contributed by atoms with van der Waals surface area (Å²) < 4.78 is 44.1. The molecule has 0 atom stereocenters. The van der Waals surface area contributed by atoms with Crippen molar-refractivity contribution in [3.8, 4) is 22.8 Å². The van der Waals surface area contributed by atoms with Gasteiger partial charge in [-0.3, -0.25) is 9.98 Å². The van der Waals surface area contributed by atoms with Gasteiger partial charge in [-0.05, 0) is 24.0 Å². The fourth-order valence-corrected chi connectivity index (χ4v) is 4.65. The van der Waals surface area contributed by atoms with Crippen LogP contribution in [-0.4, -0.2) is 28.7 Å². The number of halogens is 3. The lowest BCUT2D eigenvalue weighted by molar-refractivity contribution is -0.140. The summed E-state index contributed by atoms with van der Waals surface area (Å²) in [7, 11) is 3.35. The molecular weight excluding hydrogens is 491 g/mol. The zero-order chi connectivity index (χ0) is 27.4. The number of fused-ring (bicyclic) bond motifs is 1. The standard InChI is InChI=1S/C28H28F3N7/c1-16(2)21-12-17(3)6-11-20(21)24-33-13-22-26(35-24)38(27(32)37(22)5)14-18-7-9-19(10-8-18)25-34-23(15-36(25)4)28(29,30)31/h6-13,15-16,32H,14H2,1-5H3. The first-order valence-electron chi connectivity index (χ1n) is 12.2. The summed E-state index contributed by atoms with van der Waals surface area (Å²) in [6.07, 6.45) is -1.77. The number of nitrogens with zero attached hydrogens (tertiary/aromatic N) is 6. The Kier molecular flexibility index (Phi) is 6.21. The monoisotopic (exact) mass is 519 g/mol. The maximum atomic E-state index is 13.1. The highest BCUT2D eigenvalue weighted by Crippen LogP contribution is 2.31. The molecule has 0 saturated heterocycles. The summed E-state index contributed by atoms with van der Waals surface area (Å²) >= 11 is 0. The van der Waals surface area contributed by atoms with Gasteiger partial charge >= 0.3 is 6.18 Å². The van der Waals surface area contributed by atoms with Crippen molar-refractivity contribution in [2.75, 3.05) is 0 Å². The number of aryl methyl sites for hydroxylation is 3. The molecule has 0 saturated carbocycles. The van der Waals surface area contributed by atoms with E-state index in [1.807, 2.05) is 24.3 Å². The van der Waals surface area contributed by atoms with E-state index in [1.54, 1.807) is 41.6 Å². The summed E-state index contributed by atoms with van der Waals surface area (Å²) in [6, 6.07) is 13.4. The van der Waals surface area contributed by atoms with E-state index < -0.39 is 11.9 Å². The van der Waals surface area contributed by atoms with E-state index in [1.165, 1.54) is 10.1 Å². The molecule has 3 heterocycles. The molecule has 5 aromatic rings. The Morgan fingerprint density at radius 1 is 1.00 bits per heavy atom. The summed E-state index contributed by atoms with van der Waals surface area (Å²) in [4.78, 5) is 13.3. The molecule has 10 heteroatoms. The number of aromatic nitrogens is 6. The van der Waals surface area contributed by atoms with Crippen LogP contribution in [0.25, 0.3) is 33.9 Å². The van der Waals surface area contributed by atoms with E-state index in [-0.39, 0.29) is 11.4 Å². The lowest BCUT2D eigenvalue weighted by Crippen LogP contribution is -2.23. The van der Waals surface area contributed by atoms with Crippen LogP contribution in [0.2, 0.25) is 0 Å². The Balaban J connectivity index is 1.52. The molecule has 0 spiro atoms. The summed E-state index contributed by atoms with van der Waals surface area (Å²) in [6.45, 7) is 6.71. The minimum Gasteiger partial charge on any atom is -0.333 e. The molecular formula is C28H28F3N7. The molecule has 38 heavy (non-hydrogen) atoms. The third-order valence-electron chi connectivity index (χ3n) is 6.73. The lowest BCUT2D eigenvalue weighted by atomic mass is 9.95. The van der Waals surface area contributed by atoms with Crippen LogP contribution in [0.1, 0.15) is 42.1 Å². The average Bonchev–Trinajstić information content (AvgIpc) is 3.38. The lowest BCUT2D eigenvalue weighted by Gasteiger charge is -2.13. The van der Waals surface area contributed by atoms with E-state index >= 15 is 0 Å². The van der Waals surface area contributed by atoms with Gasteiger partial charge in [0.05, 0.1) is 12.7 Å². The van der Waals surface area contributed by atoms with Crippen LogP contribution in [0.5, 0.6) is 0 Å². The van der Waals surface area contributed by atoms with E-state index in [2.05, 4.69) is 36.8 Å². The van der Waals surface area contributed by atoms with Gasteiger partial charge in [-0.1, -0.05) is 61.9 Å². The largest absolute Gasteiger partial charge is 0.434 e. The van der Waals surface area contributed by atoms with Crippen molar-refractivity contribution < 1.29 is 13.2 Å². The van der Waals surface area contributed by atoms with Gasteiger partial charge in [0, 0.05) is 31.4 Å². The van der Waals surface area contributed by atoms with E-state index in [4.69, 9.17) is 10.4 Å². The molecule has 2 aromatic carbocycles. The van der Waals surface area contributed by atoms with Crippen LogP contribution in [0.3, 0.4) is 0 Å². The highest BCUT2D eigenvalue weighted by Gasteiger charge is 2.34. The first kappa shape index (κ1) is 25.4. The van der Waals surface area contributed by atoms with Crippen LogP contribution in [0.4, 0.5) is 13.2 Å². The topological polar surface area (TPSA) is 77.3 Å². The quantitative estimate of drug-likeness (QED) is 0.318. The van der Waals surface area contributed by atoms with Gasteiger partial charge < -0.3 is 9.13 Å². The minimum atomic E-state index is -4.50. The molecule has 0 bridgehead atoms. The van der Waals surface area contributed by atoms with E-state index in [0.717, 1.165) is 28.4 Å². The van der Waals surface area contributed by atoms with Crippen molar-refractivity contribution in [1.29, 1.82) is 5.41 Å². The van der Waals surface area contributed by atoms with Gasteiger partial charge in [-0.15, -0.1) is 0 Å². The van der Waals surface area contributed by atoms with Gasteiger partial charge in [0.15, 0.2) is 17.2 Å². The number of hydrogen-bond acceptors (Lipinski definition) is 4. The number of benzene rings is 2. The SMILES string of the molecule is Cc1ccc(-c2ncc3c(n2)n(Cc2ccc(-c4nc(C(F)(F)F)cn4C)cc2)c(=N)n3C)c(C(C)C)c1. The zero-order valence-electron chi connectivity index (χ0n) is 21.8. The fraction of sp³-hybridized carbons (Fsp3) is 0.286. The molecule has 7 nitrogen and oxygen atoms in total. The summed E-state index contributed by atoms with van der Waals surface area (Å²) in [5, 5.41) is 8.69. The predicted molar refractivity (Wildman–Crippen MR) is 139 cm³/mol. The molecule has 0 fully saturated rings. The summed E-state index contributed by atoms with van der Waals surface area (Å²) in [5.41, 5.74) is 5.47. The van der Waals surface area contributed by atoms with Gasteiger partial charge in [0.1, 0.15) is 11.3 Å². The van der Waals surface area contributed by atoms with Crippen molar-refractivity contribution in [2.24, 2.45) is 14.1 Å². The Bertz CT molecular complexity index is 1700. The number of imidazole rings is 2. The Morgan fingerprint density at radius 2 is 1.71 bits per heavy atom. The van der Waals surface area contributed by atoms with E-state index in [9.17, 15) is 13.2 Å². The normalized spacial score (nSPS) is 12.1. The third kappa shape index (κ3) is 4.51. The molecule has 3 aromatic heterocycles. The average molecular weight is 520 g/mol. The van der Waals surface area contributed by atoms with Gasteiger partial charge in [0.2, 0.25) is 5.62 Å². The highest BCUT2D eigenvalue weighted by molar-refractivity contribution is 5.74. The molecule has 0 aliphatic carbocycles. The third-order valence-corrected chi connectivity index (χ3v) is 6.73. The molecule has 0 aliphatic heterocycles. The van der Waals surface area contributed by atoms with Crippen LogP contribution >= 0.6 is 0 Å². The van der Waals surface area contributed by atoms with Crippen LogP contribution in [-0.2, 0) is 26.8 Å². The van der Waals surface area contributed by atoms with Crippen molar-refractivity contribution >= 4 is 11.2 Å². The zero-order valence-corrected chi connectivity index (χ0v) is 21.8. The molecule has 196 valence electrons. The number of hydrogen-bond donors (Lipinski definition) is 1. The maximum Gasteiger partial charge on any atom is 0.434 e. The summed E-state index contributed by atoms with van der Waals surface area (Å²) in [5.74, 6) is 1.13. The van der Waals surface area contributed by atoms with Crippen LogP contribution < -0.4 is 5.62 Å². The Labute approximate surface area is 217 Å². The predicted octanol–water partition coefficient (Wildman–Crippen LogP) is 5.82. The van der Waals surface area contributed by atoms with Crippen molar-refractivity contribution in [2.45, 2.75) is 39.4 Å². The Hall–Kier alpha value is -4.21. The van der Waals surface area contributed by atoms with E-state index in [0.29, 0.717) is 29.5 Å². The van der Waals surface area contributed by atoms with Gasteiger partial charge in [-0.25, -0.2) is 15.0 Å². The first-order chi connectivity index (χ1) is 17.9. The molecule has 0 radical (unpaired) electrons. The smallest absolute Gasteiger partial charge is 0.333 e. The Morgan fingerprint density at radius 3 is 2.34 bits per heavy atom. The molecule has 0 amide bonds. The second kappa shape index (κ2) is 9.27. The molecule has 0 unspecified atom stereocenters. The van der Waals surface area contributed by atoms with Crippen molar-refractivity contribution in [3.63, 3.8) is 0 Å². The number of alkyl halides is 3. The molecule has 5 rings (SSSR count). The maximum absolute atomic E-state index is 13.1. The molecule has 0 aliphatic rings. The molecule has 1 N–H and O–H groups in total. The highest BCUT2D eigenvalue weighted by atomic mass is 19.4. The van der Waals surface area contributed by atoms with Gasteiger partial charge in [-0.2, -0.15) is 13.2 Å². The second-order valence-corrected chi connectivity index (χ2v) is 9.87. The van der Waals surface area contributed by atoms with Gasteiger partial charge in [0.25, 0.3) is 0 Å². The minimum absolute atomic E-state index is 0.235. The van der Waals surface area contributed by atoms with Crippen molar-refractivity contribution in [3.05, 3.63) is 82.9 Å².